The van der Waals surface area contributed by atoms with Crippen molar-refractivity contribution >= 4 is 11.9 Å². The molecule has 0 fully saturated rings. The van der Waals surface area contributed by atoms with Crippen LogP contribution in [0.25, 0.3) is 0 Å². The zero-order chi connectivity index (χ0) is 15.1. The highest BCUT2D eigenvalue weighted by Gasteiger charge is 2.09. The van der Waals surface area contributed by atoms with Gasteiger partial charge in [-0.25, -0.2) is 14.8 Å². The lowest BCUT2D eigenvalue weighted by molar-refractivity contribution is 0.0695. The first-order chi connectivity index (χ1) is 9.41. The molecule has 0 aromatic carbocycles. The summed E-state index contributed by atoms with van der Waals surface area (Å²) in [7, 11) is 2.12. The Kier molecular flexibility index (Phi) is 6.38. The van der Waals surface area contributed by atoms with Gasteiger partial charge in [-0.3, -0.25) is 0 Å². The van der Waals surface area contributed by atoms with E-state index in [1.165, 1.54) is 6.20 Å². The van der Waals surface area contributed by atoms with Crippen molar-refractivity contribution in [2.75, 3.05) is 25.5 Å². The number of carboxylic acids is 1. The van der Waals surface area contributed by atoms with Gasteiger partial charge in [-0.15, -0.1) is 0 Å². The first kappa shape index (κ1) is 16.4. The molecule has 0 amide bonds. The van der Waals surface area contributed by atoms with Crippen molar-refractivity contribution in [3.05, 3.63) is 17.5 Å². The number of carbonyl (C=O) groups is 1. The number of aromatic nitrogens is 2. The summed E-state index contributed by atoms with van der Waals surface area (Å²) < 4.78 is 0. The van der Waals surface area contributed by atoms with E-state index in [1.807, 2.05) is 0 Å². The number of aromatic carboxylic acids is 1. The lowest BCUT2D eigenvalue weighted by Crippen LogP contribution is -2.27. The van der Waals surface area contributed by atoms with Crippen molar-refractivity contribution < 1.29 is 9.90 Å². The molecule has 0 spiro atoms. The van der Waals surface area contributed by atoms with Gasteiger partial charge in [0.2, 0.25) is 5.95 Å². The minimum atomic E-state index is -0.995. The molecule has 1 aromatic heterocycles. The molecule has 0 aliphatic rings. The van der Waals surface area contributed by atoms with Gasteiger partial charge in [0.05, 0.1) is 11.3 Å². The first-order valence-corrected chi connectivity index (χ1v) is 6.93. The summed E-state index contributed by atoms with van der Waals surface area (Å²) in [6.45, 7) is 7.89. The van der Waals surface area contributed by atoms with Gasteiger partial charge in [0.1, 0.15) is 0 Å². The number of hydrogen-bond donors (Lipinski definition) is 2. The summed E-state index contributed by atoms with van der Waals surface area (Å²) in [4.78, 5) is 21.3. The van der Waals surface area contributed by atoms with E-state index in [0.717, 1.165) is 25.9 Å². The van der Waals surface area contributed by atoms with E-state index in [9.17, 15) is 4.79 Å². The third-order valence-electron chi connectivity index (χ3n) is 3.31. The van der Waals surface area contributed by atoms with E-state index in [4.69, 9.17) is 5.11 Å². The van der Waals surface area contributed by atoms with Crippen LogP contribution in [0.1, 0.15) is 42.7 Å². The zero-order valence-electron chi connectivity index (χ0n) is 12.7. The Morgan fingerprint density at radius 3 is 2.70 bits per heavy atom. The number of unbranched alkanes of at least 4 members (excludes halogenated alkanes) is 1. The molecule has 0 aliphatic heterocycles. The molecular weight excluding hydrogens is 256 g/mol. The molecule has 20 heavy (non-hydrogen) atoms. The van der Waals surface area contributed by atoms with E-state index < -0.39 is 5.97 Å². The Morgan fingerprint density at radius 1 is 1.45 bits per heavy atom. The van der Waals surface area contributed by atoms with Gasteiger partial charge in [0, 0.05) is 18.8 Å². The van der Waals surface area contributed by atoms with Crippen LogP contribution in [-0.2, 0) is 0 Å². The van der Waals surface area contributed by atoms with Crippen LogP contribution in [0.4, 0.5) is 5.95 Å². The maximum absolute atomic E-state index is 10.8. The van der Waals surface area contributed by atoms with E-state index in [0.29, 0.717) is 17.7 Å². The standard InChI is InChI=1S/C14H24N4O2/c1-10(2)18(4)8-6-5-7-15-14-16-9-12(13(19)20)11(3)17-14/h9-10H,5-8H2,1-4H3,(H,19,20)(H,15,16,17). The van der Waals surface area contributed by atoms with Crippen LogP contribution in [-0.4, -0.2) is 52.1 Å². The van der Waals surface area contributed by atoms with E-state index in [1.54, 1.807) is 6.92 Å². The van der Waals surface area contributed by atoms with Gasteiger partial charge in [-0.05, 0) is 47.2 Å². The fraction of sp³-hybridized carbons (Fsp3) is 0.643. The number of hydrogen-bond acceptors (Lipinski definition) is 5. The van der Waals surface area contributed by atoms with E-state index in [-0.39, 0.29) is 5.56 Å². The van der Waals surface area contributed by atoms with Crippen molar-refractivity contribution in [3.8, 4) is 0 Å². The maximum Gasteiger partial charge on any atom is 0.339 e. The smallest absolute Gasteiger partial charge is 0.339 e. The summed E-state index contributed by atoms with van der Waals surface area (Å²) in [5, 5.41) is 12.0. The Balaban J connectivity index is 2.32. The number of rotatable bonds is 8. The highest BCUT2D eigenvalue weighted by Crippen LogP contribution is 2.07. The minimum absolute atomic E-state index is 0.147. The van der Waals surface area contributed by atoms with Crippen LogP contribution >= 0.6 is 0 Å². The topological polar surface area (TPSA) is 78.4 Å². The van der Waals surface area contributed by atoms with Crippen LogP contribution < -0.4 is 5.32 Å². The molecule has 6 nitrogen and oxygen atoms in total. The summed E-state index contributed by atoms with van der Waals surface area (Å²) in [6, 6.07) is 0.567. The average molecular weight is 280 g/mol. The predicted octanol–water partition coefficient (Wildman–Crippen LogP) is 2.02. The van der Waals surface area contributed by atoms with Gasteiger partial charge < -0.3 is 15.3 Å². The fourth-order valence-corrected chi connectivity index (χ4v) is 1.71. The normalized spacial score (nSPS) is 11.1. The van der Waals surface area contributed by atoms with Gasteiger partial charge >= 0.3 is 5.97 Å². The molecule has 112 valence electrons. The van der Waals surface area contributed by atoms with Gasteiger partial charge in [0.15, 0.2) is 0 Å². The summed E-state index contributed by atoms with van der Waals surface area (Å²) in [6.07, 6.45) is 3.48. The number of nitrogens with one attached hydrogen (secondary N) is 1. The van der Waals surface area contributed by atoms with Crippen LogP contribution in [0.15, 0.2) is 6.20 Å². The fourth-order valence-electron chi connectivity index (χ4n) is 1.71. The second-order valence-corrected chi connectivity index (χ2v) is 5.21. The molecule has 1 aromatic rings. The molecule has 0 atom stereocenters. The molecule has 1 heterocycles. The van der Waals surface area contributed by atoms with Gasteiger partial charge in [0.25, 0.3) is 0 Å². The molecule has 1 rings (SSSR count). The van der Waals surface area contributed by atoms with Gasteiger partial charge in [-0.1, -0.05) is 0 Å². The van der Waals surface area contributed by atoms with Crippen molar-refractivity contribution in [2.24, 2.45) is 0 Å². The lowest BCUT2D eigenvalue weighted by atomic mass is 10.2. The summed E-state index contributed by atoms with van der Waals surface area (Å²) in [5.74, 6) is -0.504. The Bertz CT molecular complexity index is 449. The molecule has 0 saturated heterocycles. The molecule has 2 N–H and O–H groups in total. The van der Waals surface area contributed by atoms with Crippen molar-refractivity contribution in [3.63, 3.8) is 0 Å². The lowest BCUT2D eigenvalue weighted by Gasteiger charge is -2.20. The number of carboxylic acid groups (broad SMARTS) is 1. The van der Waals surface area contributed by atoms with E-state index >= 15 is 0 Å². The average Bonchev–Trinajstić information content (AvgIpc) is 2.37. The first-order valence-electron chi connectivity index (χ1n) is 6.93. The number of nitrogens with zero attached hydrogens (tertiary/aromatic N) is 3. The number of anilines is 1. The SMILES string of the molecule is Cc1nc(NCCCCN(C)C(C)C)ncc1C(=O)O. The van der Waals surface area contributed by atoms with Crippen LogP contribution in [0.5, 0.6) is 0 Å². The zero-order valence-corrected chi connectivity index (χ0v) is 12.7. The van der Waals surface area contributed by atoms with Crippen molar-refractivity contribution in [2.45, 2.75) is 39.7 Å². The number of aryl methyl sites for hydroxylation is 1. The third kappa shape index (κ3) is 5.13. The molecular formula is C14H24N4O2. The molecule has 0 saturated carbocycles. The Morgan fingerprint density at radius 2 is 2.15 bits per heavy atom. The molecule has 6 heteroatoms. The predicted molar refractivity (Wildman–Crippen MR) is 79.2 cm³/mol. The van der Waals surface area contributed by atoms with Crippen molar-refractivity contribution in [1.29, 1.82) is 0 Å². The largest absolute Gasteiger partial charge is 0.478 e. The summed E-state index contributed by atoms with van der Waals surface area (Å²) >= 11 is 0. The Hall–Kier alpha value is -1.69. The van der Waals surface area contributed by atoms with E-state index in [2.05, 4.69) is 41.1 Å². The van der Waals surface area contributed by atoms with Crippen LogP contribution in [0, 0.1) is 6.92 Å². The molecule has 0 aliphatic carbocycles. The van der Waals surface area contributed by atoms with Gasteiger partial charge in [-0.2, -0.15) is 0 Å². The molecule has 0 radical (unpaired) electrons. The second kappa shape index (κ2) is 7.79. The van der Waals surface area contributed by atoms with Crippen LogP contribution in [0.2, 0.25) is 0 Å². The maximum atomic E-state index is 10.8. The molecule has 0 unspecified atom stereocenters. The minimum Gasteiger partial charge on any atom is -0.478 e. The monoisotopic (exact) mass is 280 g/mol. The highest BCUT2D eigenvalue weighted by atomic mass is 16.4. The second-order valence-electron chi connectivity index (χ2n) is 5.21. The summed E-state index contributed by atoms with van der Waals surface area (Å²) in [5.41, 5.74) is 0.628. The Labute approximate surface area is 120 Å². The molecule has 0 bridgehead atoms. The quantitative estimate of drug-likeness (QED) is 0.709. The van der Waals surface area contributed by atoms with Crippen molar-refractivity contribution in [1.82, 2.24) is 14.9 Å². The highest BCUT2D eigenvalue weighted by molar-refractivity contribution is 5.88. The van der Waals surface area contributed by atoms with Crippen LogP contribution in [0.3, 0.4) is 0 Å². The third-order valence-corrected chi connectivity index (χ3v) is 3.31.